The van der Waals surface area contributed by atoms with Crippen molar-refractivity contribution in [3.8, 4) is 11.5 Å². The van der Waals surface area contributed by atoms with Crippen LogP contribution in [0.5, 0.6) is 11.5 Å². The number of hydrogen-bond acceptors (Lipinski definition) is 6. The summed E-state index contributed by atoms with van der Waals surface area (Å²) in [4.78, 5) is 23.8. The topological polar surface area (TPSA) is 100 Å². The van der Waals surface area contributed by atoms with Crippen molar-refractivity contribution in [2.24, 2.45) is 0 Å². The van der Waals surface area contributed by atoms with E-state index in [9.17, 15) is 22.4 Å². The van der Waals surface area contributed by atoms with Crippen LogP contribution >= 0.6 is 11.9 Å². The lowest BCUT2D eigenvalue weighted by molar-refractivity contribution is -0.192. The number of carbonyl (C=O) groups excluding carboxylic acids is 1. The van der Waals surface area contributed by atoms with Crippen LogP contribution in [0.3, 0.4) is 0 Å². The smallest absolute Gasteiger partial charge is 0.490 e. The molecule has 2 fully saturated rings. The number of fused-ring (bicyclic) bond motifs is 1. The first kappa shape index (κ1) is 31.3. The highest BCUT2D eigenvalue weighted by Gasteiger charge is 2.50. The van der Waals surface area contributed by atoms with E-state index in [2.05, 4.69) is 34.1 Å². The van der Waals surface area contributed by atoms with Crippen LogP contribution in [-0.2, 0) is 16.0 Å². The average Bonchev–Trinajstić information content (AvgIpc) is 3.26. The Labute approximate surface area is 234 Å². The number of ether oxygens (including phenoxy) is 2. The van der Waals surface area contributed by atoms with E-state index in [1.54, 1.807) is 26.4 Å². The third kappa shape index (κ3) is 7.72. The minimum Gasteiger partial charge on any atom is -0.493 e. The van der Waals surface area contributed by atoms with Gasteiger partial charge in [0.25, 0.3) is 0 Å². The number of methoxy groups -OCH3 is 2. The largest absolute Gasteiger partial charge is 0.493 e. The van der Waals surface area contributed by atoms with Gasteiger partial charge in [-0.15, -0.1) is 0 Å². The molecule has 3 unspecified atom stereocenters. The van der Waals surface area contributed by atoms with Crippen LogP contribution in [-0.4, -0.2) is 68.1 Å². The Morgan fingerprint density at radius 1 is 1.10 bits per heavy atom. The van der Waals surface area contributed by atoms with E-state index in [1.165, 1.54) is 29.6 Å². The summed E-state index contributed by atoms with van der Waals surface area (Å²) in [5.41, 5.74) is 2.30. The number of urea groups is 1. The van der Waals surface area contributed by atoms with Crippen molar-refractivity contribution in [2.75, 3.05) is 27.8 Å². The molecule has 8 nitrogen and oxygen atoms in total. The van der Waals surface area contributed by atoms with E-state index in [1.807, 2.05) is 6.07 Å². The number of carboxylic acid groups (broad SMARTS) is 1. The average molecular weight is 588 g/mol. The maximum absolute atomic E-state index is 13.0. The summed E-state index contributed by atoms with van der Waals surface area (Å²) < 4.78 is 58.6. The van der Waals surface area contributed by atoms with E-state index >= 15 is 0 Å². The van der Waals surface area contributed by atoms with Crippen LogP contribution in [0.1, 0.15) is 36.8 Å². The predicted molar refractivity (Wildman–Crippen MR) is 143 cm³/mol. The molecule has 3 atom stereocenters. The standard InChI is InChI=1S/C25H32FN3O3S.C2HF3O2/c1-29-13-12-25(18-6-9-21(31-2)22(14-18)32-3)11-10-20(15-23(25)29)27-24(30)28-33-16-17-4-7-19(26)8-5-17;3-2(4,5)1(6)7/h4-9,14,20,23H,10-13,15-16H2,1-3H3,(H2,27,28,30);(H,6,7). The molecule has 0 radical (unpaired) electrons. The molecule has 1 saturated carbocycles. The van der Waals surface area contributed by atoms with Gasteiger partial charge in [-0.3, -0.25) is 4.72 Å². The lowest BCUT2D eigenvalue weighted by Gasteiger charge is -2.45. The molecule has 1 saturated heterocycles. The van der Waals surface area contributed by atoms with Crippen molar-refractivity contribution in [1.82, 2.24) is 14.9 Å². The second-order valence-electron chi connectivity index (χ2n) is 9.74. The number of likely N-dealkylation sites (N-methyl/N-ethyl adjacent to an activating group) is 1. The summed E-state index contributed by atoms with van der Waals surface area (Å²) in [5.74, 6) is -0.923. The Morgan fingerprint density at radius 2 is 1.75 bits per heavy atom. The summed E-state index contributed by atoms with van der Waals surface area (Å²) in [6, 6.07) is 12.9. The monoisotopic (exact) mass is 587 g/mol. The van der Waals surface area contributed by atoms with E-state index in [4.69, 9.17) is 19.4 Å². The van der Waals surface area contributed by atoms with Crippen LogP contribution in [0.2, 0.25) is 0 Å². The molecule has 0 bridgehead atoms. The maximum atomic E-state index is 13.0. The first-order valence-corrected chi connectivity index (χ1v) is 13.5. The van der Waals surface area contributed by atoms with Gasteiger partial charge in [0, 0.05) is 23.3 Å². The van der Waals surface area contributed by atoms with E-state index < -0.39 is 12.1 Å². The van der Waals surface area contributed by atoms with Crippen molar-refractivity contribution in [2.45, 2.75) is 55.1 Å². The fourth-order valence-electron chi connectivity index (χ4n) is 5.38. The lowest BCUT2D eigenvalue weighted by Crippen LogP contribution is -2.52. The van der Waals surface area contributed by atoms with Gasteiger partial charge in [-0.05, 0) is 86.6 Å². The quantitative estimate of drug-likeness (QED) is 0.306. The number of amides is 2. The number of benzene rings is 2. The number of alkyl halides is 3. The molecule has 40 heavy (non-hydrogen) atoms. The van der Waals surface area contributed by atoms with Crippen LogP contribution in [0.25, 0.3) is 0 Å². The number of nitrogens with one attached hydrogen (secondary N) is 2. The molecule has 2 aromatic rings. The minimum atomic E-state index is -5.08. The number of rotatable bonds is 7. The van der Waals surface area contributed by atoms with E-state index in [0.717, 1.165) is 49.3 Å². The third-order valence-corrected chi connectivity index (χ3v) is 8.19. The number of halogens is 4. The molecule has 220 valence electrons. The van der Waals surface area contributed by atoms with Crippen LogP contribution in [0, 0.1) is 5.82 Å². The molecular weight excluding hydrogens is 554 g/mol. The van der Waals surface area contributed by atoms with Gasteiger partial charge in [0.1, 0.15) is 5.82 Å². The zero-order valence-corrected chi connectivity index (χ0v) is 23.2. The van der Waals surface area contributed by atoms with Crippen molar-refractivity contribution < 1.29 is 41.7 Å². The number of aliphatic carboxylic acids is 1. The first-order valence-electron chi connectivity index (χ1n) is 12.5. The highest BCUT2D eigenvalue weighted by molar-refractivity contribution is 7.97. The summed E-state index contributed by atoms with van der Waals surface area (Å²) in [6.45, 7) is 1.03. The second kappa shape index (κ2) is 13.4. The molecule has 2 aromatic carbocycles. The molecule has 2 amide bonds. The number of hydrogen-bond donors (Lipinski definition) is 3. The molecule has 0 spiro atoms. The Balaban J connectivity index is 0.000000559. The first-order chi connectivity index (χ1) is 18.9. The van der Waals surface area contributed by atoms with Crippen molar-refractivity contribution in [1.29, 1.82) is 0 Å². The Bertz CT molecular complexity index is 1170. The number of nitrogens with zero attached hydrogens (tertiary/aromatic N) is 1. The van der Waals surface area contributed by atoms with E-state index in [-0.39, 0.29) is 23.3 Å². The number of carboxylic acids is 1. The van der Waals surface area contributed by atoms with Gasteiger partial charge < -0.3 is 24.8 Å². The summed E-state index contributed by atoms with van der Waals surface area (Å²) in [5, 5.41) is 10.3. The van der Waals surface area contributed by atoms with Gasteiger partial charge in [-0.1, -0.05) is 18.2 Å². The lowest BCUT2D eigenvalue weighted by atomic mass is 9.65. The molecule has 13 heteroatoms. The number of carbonyl (C=O) groups is 2. The van der Waals surface area contributed by atoms with Gasteiger partial charge >= 0.3 is 18.2 Å². The highest BCUT2D eigenvalue weighted by atomic mass is 32.2. The number of likely N-dealkylation sites (tertiary alicyclic amines) is 1. The fraction of sp³-hybridized carbons (Fsp3) is 0.481. The molecular formula is C27H33F4N3O5S. The summed E-state index contributed by atoms with van der Waals surface area (Å²) in [7, 11) is 5.50. The van der Waals surface area contributed by atoms with Crippen molar-refractivity contribution in [3.05, 3.63) is 59.4 Å². The van der Waals surface area contributed by atoms with Crippen LogP contribution in [0.4, 0.5) is 22.4 Å². The van der Waals surface area contributed by atoms with E-state index in [0.29, 0.717) is 11.8 Å². The Morgan fingerprint density at radius 3 is 2.35 bits per heavy atom. The van der Waals surface area contributed by atoms with Gasteiger partial charge in [-0.25, -0.2) is 14.0 Å². The normalized spacial score (nSPS) is 22.4. The molecule has 0 aromatic heterocycles. The molecule has 1 aliphatic carbocycles. The highest BCUT2D eigenvalue weighted by Crippen LogP contribution is 2.49. The predicted octanol–water partition coefficient (Wildman–Crippen LogP) is 5.12. The molecule has 1 aliphatic heterocycles. The third-order valence-electron chi connectivity index (χ3n) is 7.38. The Kier molecular flexibility index (Phi) is 10.5. The summed E-state index contributed by atoms with van der Waals surface area (Å²) in [6.07, 6.45) is -1.16. The minimum absolute atomic E-state index is 0.0558. The van der Waals surface area contributed by atoms with Crippen molar-refractivity contribution >= 4 is 23.9 Å². The van der Waals surface area contributed by atoms with Gasteiger partial charge in [0.2, 0.25) is 0 Å². The van der Waals surface area contributed by atoms with Crippen molar-refractivity contribution in [3.63, 3.8) is 0 Å². The SMILES string of the molecule is COc1ccc(C23CCC(NC(=O)NSCc4ccc(F)cc4)CC2N(C)CC3)cc1OC.O=C(O)C(F)(F)F. The zero-order chi connectivity index (χ0) is 29.5. The molecule has 2 aliphatic rings. The summed E-state index contributed by atoms with van der Waals surface area (Å²) >= 11 is 1.31. The van der Waals surface area contributed by atoms with Gasteiger partial charge in [-0.2, -0.15) is 13.2 Å². The van der Waals surface area contributed by atoms with Gasteiger partial charge in [0.05, 0.1) is 14.2 Å². The fourth-order valence-corrected chi connectivity index (χ4v) is 6.00. The molecule has 1 heterocycles. The second-order valence-corrected chi connectivity index (χ2v) is 10.5. The maximum Gasteiger partial charge on any atom is 0.490 e. The molecule has 3 N–H and O–H groups in total. The van der Waals surface area contributed by atoms with Crippen LogP contribution in [0.15, 0.2) is 42.5 Å². The Hall–Kier alpha value is -3.19. The van der Waals surface area contributed by atoms with Crippen LogP contribution < -0.4 is 19.5 Å². The van der Waals surface area contributed by atoms with Gasteiger partial charge in [0.15, 0.2) is 11.5 Å². The zero-order valence-electron chi connectivity index (χ0n) is 22.4. The molecule has 4 rings (SSSR count).